The average Bonchev–Trinajstić information content (AvgIpc) is 3.04. The molecule has 7 nitrogen and oxygen atoms in total. The van der Waals surface area contributed by atoms with Crippen LogP contribution in [0.5, 0.6) is 0 Å². The number of rotatable bonds is 4. The summed E-state index contributed by atoms with van der Waals surface area (Å²) in [5, 5.41) is 7.71. The van der Waals surface area contributed by atoms with Gasteiger partial charge in [-0.2, -0.15) is 5.10 Å². The molecule has 1 N–H and O–H groups in total. The van der Waals surface area contributed by atoms with Gasteiger partial charge < -0.3 is 5.32 Å². The van der Waals surface area contributed by atoms with Crippen LogP contribution in [0.15, 0.2) is 42.6 Å². The first-order chi connectivity index (χ1) is 12.9. The maximum Gasteiger partial charge on any atom is 0.211 e. The summed E-state index contributed by atoms with van der Waals surface area (Å²) in [6, 6.07) is 9.97. The SMILES string of the molecule is CS(=O)(=O)N1CCC(c2nc3ccc(Nc4cccc(F)c4)cn3n2)CC1. The van der Waals surface area contributed by atoms with Crippen molar-refractivity contribution in [2.75, 3.05) is 24.7 Å². The molecule has 3 heterocycles. The summed E-state index contributed by atoms with van der Waals surface area (Å²) in [7, 11) is -3.14. The van der Waals surface area contributed by atoms with Crippen LogP contribution in [0.4, 0.5) is 15.8 Å². The van der Waals surface area contributed by atoms with E-state index in [0.717, 1.165) is 17.2 Å². The lowest BCUT2D eigenvalue weighted by atomic mass is 9.98. The van der Waals surface area contributed by atoms with Gasteiger partial charge in [0.1, 0.15) is 5.82 Å². The minimum absolute atomic E-state index is 0.141. The Morgan fingerprint density at radius 3 is 2.63 bits per heavy atom. The summed E-state index contributed by atoms with van der Waals surface area (Å²) < 4.78 is 39.8. The van der Waals surface area contributed by atoms with Crippen molar-refractivity contribution in [1.29, 1.82) is 0 Å². The van der Waals surface area contributed by atoms with E-state index in [-0.39, 0.29) is 11.7 Å². The van der Waals surface area contributed by atoms with E-state index in [4.69, 9.17) is 0 Å². The Bertz CT molecular complexity index is 1070. The normalized spacial score (nSPS) is 16.7. The number of benzene rings is 1. The number of sulfonamides is 1. The third-order valence-corrected chi connectivity index (χ3v) is 6.05. The molecule has 142 valence electrons. The minimum Gasteiger partial charge on any atom is -0.354 e. The zero-order valence-corrected chi connectivity index (χ0v) is 15.7. The summed E-state index contributed by atoms with van der Waals surface area (Å²) >= 11 is 0. The number of anilines is 2. The molecule has 0 saturated carbocycles. The number of fused-ring (bicyclic) bond motifs is 1. The lowest BCUT2D eigenvalue weighted by molar-refractivity contribution is 0.315. The van der Waals surface area contributed by atoms with Crippen LogP contribution in [-0.2, 0) is 10.0 Å². The third kappa shape index (κ3) is 3.93. The maximum absolute atomic E-state index is 13.3. The van der Waals surface area contributed by atoms with Gasteiger partial charge in [-0.05, 0) is 43.2 Å². The molecule has 9 heteroatoms. The topological polar surface area (TPSA) is 79.6 Å². The van der Waals surface area contributed by atoms with Gasteiger partial charge >= 0.3 is 0 Å². The molecule has 3 aromatic rings. The summed E-state index contributed by atoms with van der Waals surface area (Å²) in [5.74, 6) is 0.568. The molecular weight excluding hydrogens is 369 g/mol. The van der Waals surface area contributed by atoms with Crippen molar-refractivity contribution in [3.8, 4) is 0 Å². The molecule has 0 atom stereocenters. The first-order valence-electron chi connectivity index (χ1n) is 8.72. The van der Waals surface area contributed by atoms with Crippen LogP contribution in [0.2, 0.25) is 0 Å². The molecule has 0 bridgehead atoms. The molecule has 0 unspecified atom stereocenters. The molecule has 1 fully saturated rings. The highest BCUT2D eigenvalue weighted by molar-refractivity contribution is 7.88. The van der Waals surface area contributed by atoms with Crippen LogP contribution in [0.3, 0.4) is 0 Å². The van der Waals surface area contributed by atoms with Crippen molar-refractivity contribution in [3.05, 3.63) is 54.2 Å². The van der Waals surface area contributed by atoms with Gasteiger partial charge in [0.2, 0.25) is 10.0 Å². The van der Waals surface area contributed by atoms with E-state index < -0.39 is 10.0 Å². The monoisotopic (exact) mass is 389 g/mol. The standard InChI is InChI=1S/C18H20FN5O2S/c1-27(25,26)23-9-7-13(8-10-23)18-21-17-6-5-16(12-24(17)22-18)20-15-4-2-3-14(19)11-15/h2-6,11-13,20H,7-10H2,1H3. The van der Waals surface area contributed by atoms with Gasteiger partial charge in [0.05, 0.1) is 18.1 Å². The number of hydrogen-bond acceptors (Lipinski definition) is 5. The van der Waals surface area contributed by atoms with Gasteiger partial charge in [-0.15, -0.1) is 0 Å². The molecule has 0 spiro atoms. The highest BCUT2D eigenvalue weighted by Crippen LogP contribution is 2.27. The largest absolute Gasteiger partial charge is 0.354 e. The molecular formula is C18H20FN5O2S. The molecule has 2 aromatic heterocycles. The number of pyridine rings is 1. The van der Waals surface area contributed by atoms with E-state index >= 15 is 0 Å². The van der Waals surface area contributed by atoms with Gasteiger partial charge in [0.15, 0.2) is 11.5 Å². The Morgan fingerprint density at radius 2 is 1.93 bits per heavy atom. The molecule has 1 aliphatic rings. The summed E-state index contributed by atoms with van der Waals surface area (Å²) in [5.41, 5.74) is 2.15. The number of halogens is 1. The van der Waals surface area contributed by atoms with Gasteiger partial charge in [0.25, 0.3) is 0 Å². The number of nitrogens with zero attached hydrogens (tertiary/aromatic N) is 4. The number of aromatic nitrogens is 3. The van der Waals surface area contributed by atoms with Crippen LogP contribution >= 0.6 is 0 Å². The summed E-state index contributed by atoms with van der Waals surface area (Å²) in [6.45, 7) is 0.983. The van der Waals surface area contributed by atoms with Crippen LogP contribution in [-0.4, -0.2) is 46.7 Å². The average molecular weight is 389 g/mol. The molecule has 0 radical (unpaired) electrons. The van der Waals surface area contributed by atoms with Crippen LogP contribution in [0.25, 0.3) is 5.65 Å². The molecule has 0 aliphatic carbocycles. The van der Waals surface area contributed by atoms with Gasteiger partial charge in [-0.1, -0.05) is 6.07 Å². The second-order valence-electron chi connectivity index (χ2n) is 6.76. The molecule has 27 heavy (non-hydrogen) atoms. The van der Waals surface area contributed by atoms with Crippen LogP contribution < -0.4 is 5.32 Å². The van der Waals surface area contributed by atoms with Gasteiger partial charge in [-0.25, -0.2) is 26.6 Å². The molecule has 1 aromatic carbocycles. The van der Waals surface area contributed by atoms with Crippen molar-refractivity contribution in [3.63, 3.8) is 0 Å². The van der Waals surface area contributed by atoms with Crippen LogP contribution in [0, 0.1) is 5.82 Å². The number of piperidine rings is 1. The van der Waals surface area contributed by atoms with E-state index in [0.29, 0.717) is 31.6 Å². The van der Waals surface area contributed by atoms with E-state index in [1.165, 1.54) is 22.7 Å². The Labute approximate surface area is 156 Å². The van der Waals surface area contributed by atoms with E-state index in [1.54, 1.807) is 16.6 Å². The fourth-order valence-corrected chi connectivity index (χ4v) is 4.20. The lowest BCUT2D eigenvalue weighted by Gasteiger charge is -2.28. The zero-order valence-electron chi connectivity index (χ0n) is 14.8. The fourth-order valence-electron chi connectivity index (χ4n) is 3.33. The highest BCUT2D eigenvalue weighted by Gasteiger charge is 2.28. The summed E-state index contributed by atoms with van der Waals surface area (Å²) in [6.07, 6.45) is 4.46. The van der Waals surface area contributed by atoms with E-state index in [1.807, 2.05) is 18.3 Å². The zero-order chi connectivity index (χ0) is 19.0. The van der Waals surface area contributed by atoms with E-state index in [2.05, 4.69) is 15.4 Å². The minimum atomic E-state index is -3.14. The first kappa shape index (κ1) is 17.9. The van der Waals surface area contributed by atoms with Gasteiger partial charge in [-0.3, -0.25) is 0 Å². The van der Waals surface area contributed by atoms with Crippen molar-refractivity contribution in [2.24, 2.45) is 0 Å². The molecule has 0 amide bonds. The van der Waals surface area contributed by atoms with Crippen molar-refractivity contribution < 1.29 is 12.8 Å². The quantitative estimate of drug-likeness (QED) is 0.742. The fraction of sp³-hybridized carbons (Fsp3) is 0.333. The van der Waals surface area contributed by atoms with E-state index in [9.17, 15) is 12.8 Å². The Morgan fingerprint density at radius 1 is 1.15 bits per heavy atom. The van der Waals surface area contributed by atoms with Gasteiger partial charge in [0, 0.05) is 24.7 Å². The molecule has 4 rings (SSSR count). The van der Waals surface area contributed by atoms with Crippen molar-refractivity contribution >= 4 is 27.0 Å². The molecule has 1 saturated heterocycles. The van der Waals surface area contributed by atoms with Crippen LogP contribution in [0.1, 0.15) is 24.6 Å². The first-order valence-corrected chi connectivity index (χ1v) is 10.6. The van der Waals surface area contributed by atoms with Crippen molar-refractivity contribution in [1.82, 2.24) is 18.9 Å². The predicted octanol–water partition coefficient (Wildman–Crippen LogP) is 2.75. The number of hydrogen-bond donors (Lipinski definition) is 1. The Kier molecular flexibility index (Phi) is 4.56. The van der Waals surface area contributed by atoms with Crippen molar-refractivity contribution in [2.45, 2.75) is 18.8 Å². The second kappa shape index (κ2) is 6.90. The Balaban J connectivity index is 1.51. The predicted molar refractivity (Wildman–Crippen MR) is 101 cm³/mol. The molecule has 1 aliphatic heterocycles. The smallest absolute Gasteiger partial charge is 0.211 e. The lowest BCUT2D eigenvalue weighted by Crippen LogP contribution is -2.37. The summed E-state index contributed by atoms with van der Waals surface area (Å²) in [4.78, 5) is 4.58. The second-order valence-corrected chi connectivity index (χ2v) is 8.74. The highest BCUT2D eigenvalue weighted by atomic mass is 32.2. The maximum atomic E-state index is 13.3. The Hall–Kier alpha value is -2.52. The number of nitrogens with one attached hydrogen (secondary N) is 1. The third-order valence-electron chi connectivity index (χ3n) is 4.75.